The molecule has 0 amide bonds. The Labute approximate surface area is 256 Å². The van der Waals surface area contributed by atoms with Gasteiger partial charge in [-0.2, -0.15) is 0 Å². The van der Waals surface area contributed by atoms with Crippen LogP contribution in [0.2, 0.25) is 0 Å². The van der Waals surface area contributed by atoms with Crippen LogP contribution in [-0.2, 0) is 0 Å². The minimum Gasteiger partial charge on any atom is -0.0493 e. The van der Waals surface area contributed by atoms with Gasteiger partial charge in [0.05, 0.1) is 0 Å². The molecular weight excluding hydrogens is 528 g/mol. The van der Waals surface area contributed by atoms with Crippen molar-refractivity contribution in [3.63, 3.8) is 0 Å². The number of rotatable bonds is 0. The van der Waals surface area contributed by atoms with Crippen LogP contribution in [0.15, 0.2) is 0 Å². The predicted octanol–water partition coefficient (Wildman–Crippen LogP) is 5.54. The average Bonchev–Trinajstić information content (AvgIpc) is 2.90. The van der Waals surface area contributed by atoms with Crippen LogP contribution >= 0.6 is 0 Å². The fraction of sp³-hybridized carbons (Fsp3) is 1.00. The summed E-state index contributed by atoms with van der Waals surface area (Å²) in [6.45, 7) is 0. The van der Waals surface area contributed by atoms with E-state index in [1.54, 1.807) is 38.5 Å². The molecule has 44 heavy (non-hydrogen) atoms. The largest absolute Gasteiger partial charge is 0.0493 e. The van der Waals surface area contributed by atoms with Gasteiger partial charge in [-0.15, -0.1) is 0 Å². The fourth-order valence-electron chi connectivity index (χ4n) is 39.0. The Bertz CT molecular complexity index is 2270. The Morgan fingerprint density at radius 2 is 0.477 bits per heavy atom. The summed E-state index contributed by atoms with van der Waals surface area (Å²) in [5.74, 6) is 35.1. The zero-order chi connectivity index (χ0) is 25.3. The van der Waals surface area contributed by atoms with Gasteiger partial charge < -0.3 is 0 Å². The maximum Gasteiger partial charge on any atom is -0.00932 e. The Morgan fingerprint density at radius 1 is 0.227 bits per heavy atom. The van der Waals surface area contributed by atoms with Crippen LogP contribution in [0.4, 0.5) is 0 Å². The van der Waals surface area contributed by atoms with Crippen LogP contribution < -0.4 is 0 Å². The summed E-state index contributed by atoms with van der Waals surface area (Å²) < 4.78 is 0. The SMILES string of the molecule is C1C2C[C@@H]3[C@@H]4[C@@H]5[C@@H]6[C@@H]7[C@@H]8[C@@H]9[C@@H]%10[C@@H]%11[C@@H]%12[C@@H]%13[C@@H]%14CC%15CC%16C%17C%18C%19CCC%20C%21C%22C%23C%24C%25C%26C1C23C%264C%255C%246C%237C%228C%219C%20%10C%19%11C%18%12C%17%13C%15%16%14. The molecule has 0 heterocycles. The topological polar surface area (TPSA) is 0 Å². The highest BCUT2D eigenvalue weighted by atomic mass is 15.4. The molecule has 0 aromatic carbocycles. The predicted molar refractivity (Wildman–Crippen MR) is 148 cm³/mol. The molecule has 26 rings (SSSR count). The second kappa shape index (κ2) is 3.12. The number of fused-ring (bicyclic) bond motifs is 21. The first-order valence-corrected chi connectivity index (χ1v) is 21.8. The van der Waals surface area contributed by atoms with Crippen LogP contribution in [0.25, 0.3) is 0 Å². The summed E-state index contributed by atoms with van der Waals surface area (Å²) in [5, 5.41) is 0. The van der Waals surface area contributed by atoms with Gasteiger partial charge in [0.25, 0.3) is 0 Å². The van der Waals surface area contributed by atoms with E-state index in [9.17, 15) is 0 Å². The molecule has 0 aliphatic heterocycles. The van der Waals surface area contributed by atoms with Crippen molar-refractivity contribution < 1.29 is 0 Å². The first-order valence-electron chi connectivity index (χ1n) is 21.8. The van der Waals surface area contributed by atoms with E-state index in [2.05, 4.69) is 0 Å². The average molecular weight is 567 g/mol. The van der Waals surface area contributed by atoms with Crippen molar-refractivity contribution in [2.75, 3.05) is 0 Å². The maximum atomic E-state index is 1.80. The normalized spacial score (nSPS) is 119. The molecule has 26 aliphatic rings. The van der Waals surface area contributed by atoms with Crippen LogP contribution in [-0.4, -0.2) is 0 Å². The standard InChI is InChI=1S/C44H38/c1-2-10-16-21-27-28-23-19-13-5-8-6-14-20-24-29-31-32-30-26-25-22-18-12-4-7-3-11-17-15-9(1)35(25,39(15,22)37(17,18)33(7,11)12)36(10,26)40(16,30)42(21,32)44(27,31)43(28,29)41(23,24)38(19,20)34(8,13)14/h7-32H,1-6H2/t7?,8?,9?,10?,11?,12-,13?,14+,15?,16?,17?,18-,19?,20+,21?,22-,23?,24+,25-,26-,27?,28?,29+,30-,31+,32-,33?,34?,35?,36?,37?,38?,39?,40?,41?,42?,43?,44?/m0/s1. The lowest BCUT2D eigenvalue weighted by Gasteiger charge is -3.37. The lowest BCUT2D eigenvalue weighted by Crippen LogP contribution is -3.35. The molecule has 0 heteroatoms. The lowest BCUT2D eigenvalue weighted by molar-refractivity contribution is -0.913. The van der Waals surface area contributed by atoms with Crippen molar-refractivity contribution in [1.82, 2.24) is 0 Å². The van der Waals surface area contributed by atoms with E-state index in [0.29, 0.717) is 0 Å². The number of hydrogen-bond donors (Lipinski definition) is 0. The molecular formula is C44H38. The Morgan fingerprint density at radius 3 is 0.886 bits per heavy atom. The van der Waals surface area contributed by atoms with Crippen LogP contribution in [0.3, 0.4) is 0 Å². The Hall–Kier alpha value is 0. The molecule has 0 saturated heterocycles. The first-order chi connectivity index (χ1) is 21.8. The van der Waals surface area contributed by atoms with Crippen LogP contribution in [0.1, 0.15) is 38.5 Å². The summed E-state index contributed by atoms with van der Waals surface area (Å²) in [6.07, 6.45) is 10.6. The molecule has 0 N–H and O–H groups in total. The van der Waals surface area contributed by atoms with Gasteiger partial charge in [-0.3, -0.25) is 0 Å². The highest BCUT2D eigenvalue weighted by molar-refractivity contribution is 5.82. The molecule has 0 bridgehead atoms. The summed E-state index contributed by atoms with van der Waals surface area (Å²) in [4.78, 5) is 0. The second-order valence-corrected chi connectivity index (χ2v) is 26.6. The summed E-state index contributed by atoms with van der Waals surface area (Å²) in [6, 6.07) is 0. The van der Waals surface area contributed by atoms with Crippen molar-refractivity contribution in [3.8, 4) is 0 Å². The zero-order valence-corrected chi connectivity index (χ0v) is 25.3. The Kier molecular flexibility index (Phi) is 1.21. The molecule has 214 valence electrons. The molecule has 12 spiro atoms. The van der Waals surface area contributed by atoms with Crippen molar-refractivity contribution in [2.45, 2.75) is 38.5 Å². The maximum absolute atomic E-state index is 1.80. The molecule has 0 radical (unpaired) electrons. The smallest absolute Gasteiger partial charge is 0.00932 e. The third-order valence-electron chi connectivity index (χ3n) is 33.4. The van der Waals surface area contributed by atoms with E-state index in [1.165, 1.54) is 154 Å². The third kappa shape index (κ3) is 0.545. The van der Waals surface area contributed by atoms with Gasteiger partial charge in [0.2, 0.25) is 0 Å². The van der Waals surface area contributed by atoms with Gasteiger partial charge in [-0.1, -0.05) is 0 Å². The molecule has 0 nitrogen and oxygen atoms in total. The van der Waals surface area contributed by atoms with E-state index < -0.39 is 0 Å². The summed E-state index contributed by atoms with van der Waals surface area (Å²) >= 11 is 0. The minimum atomic E-state index is 1.06. The van der Waals surface area contributed by atoms with Gasteiger partial charge in [0, 0.05) is 0 Å². The van der Waals surface area contributed by atoms with Gasteiger partial charge in [0.15, 0.2) is 0 Å². The molecule has 38 atom stereocenters. The monoisotopic (exact) mass is 566 g/mol. The summed E-state index contributed by atoms with van der Waals surface area (Å²) in [7, 11) is 0. The summed E-state index contributed by atoms with van der Waals surface area (Å²) in [5.41, 5.74) is 12.9. The van der Waals surface area contributed by atoms with Gasteiger partial charge in [0.1, 0.15) is 0 Å². The molecule has 0 aromatic heterocycles. The van der Waals surface area contributed by atoms with Crippen molar-refractivity contribution in [1.29, 1.82) is 0 Å². The highest BCUT2D eigenvalue weighted by Crippen LogP contribution is 3.38. The van der Waals surface area contributed by atoms with Crippen molar-refractivity contribution in [2.24, 2.45) is 219 Å². The zero-order valence-electron chi connectivity index (χ0n) is 25.3. The molecule has 26 unspecified atom stereocenters. The first kappa shape index (κ1) is 17.1. The minimum absolute atomic E-state index is 1.06. The van der Waals surface area contributed by atoms with Crippen LogP contribution in [0.5, 0.6) is 0 Å². The molecule has 26 saturated carbocycles. The van der Waals surface area contributed by atoms with E-state index >= 15 is 0 Å². The van der Waals surface area contributed by atoms with Gasteiger partial charge >= 0.3 is 0 Å². The Balaban J connectivity index is 0.748. The van der Waals surface area contributed by atoms with Crippen LogP contribution in [0, 0.1) is 219 Å². The van der Waals surface area contributed by atoms with Gasteiger partial charge in [-0.05, 0) is 257 Å². The van der Waals surface area contributed by atoms with E-state index in [0.717, 1.165) is 65.0 Å². The van der Waals surface area contributed by atoms with Crippen molar-refractivity contribution in [3.05, 3.63) is 0 Å². The third-order valence-corrected chi connectivity index (χ3v) is 33.4. The quantitative estimate of drug-likeness (QED) is 0.361. The van der Waals surface area contributed by atoms with Crippen molar-refractivity contribution >= 4 is 0 Å². The second-order valence-electron chi connectivity index (χ2n) is 26.6. The molecule has 0 aromatic rings. The highest BCUT2D eigenvalue weighted by Gasteiger charge is 3.36. The fourth-order valence-corrected chi connectivity index (χ4v) is 39.0. The number of hydrogen-bond acceptors (Lipinski definition) is 0. The van der Waals surface area contributed by atoms with E-state index in [4.69, 9.17) is 0 Å². The van der Waals surface area contributed by atoms with Gasteiger partial charge in [-0.25, -0.2) is 0 Å². The molecule has 26 aliphatic carbocycles. The lowest BCUT2D eigenvalue weighted by atomic mass is 8.66. The van der Waals surface area contributed by atoms with E-state index in [1.807, 2.05) is 0 Å². The van der Waals surface area contributed by atoms with E-state index in [-0.39, 0.29) is 0 Å². The molecule has 26 fully saturated rings.